The van der Waals surface area contributed by atoms with Crippen LogP contribution in [0.2, 0.25) is 0 Å². The molecule has 27 heavy (non-hydrogen) atoms. The molecule has 4 nitrogen and oxygen atoms in total. The number of para-hydroxylation sites is 1. The molecular weight excluding hydrogens is 334 g/mol. The molecule has 1 saturated heterocycles. The van der Waals surface area contributed by atoms with Crippen LogP contribution in [0.5, 0.6) is 0 Å². The van der Waals surface area contributed by atoms with Crippen LogP contribution in [0.4, 0.5) is 5.69 Å². The molecule has 0 unspecified atom stereocenters. The summed E-state index contributed by atoms with van der Waals surface area (Å²) in [4.78, 5) is 17.1. The summed E-state index contributed by atoms with van der Waals surface area (Å²) in [5, 5.41) is 0. The van der Waals surface area contributed by atoms with Crippen molar-refractivity contribution in [3.8, 4) is 0 Å². The van der Waals surface area contributed by atoms with Crippen molar-refractivity contribution in [3.05, 3.63) is 65.7 Å². The normalized spacial score (nSPS) is 27.0. The fraction of sp³-hybridized carbons (Fsp3) is 0.435. The highest BCUT2D eigenvalue weighted by molar-refractivity contribution is 5.96. The number of piperazine rings is 1. The first kappa shape index (κ1) is 18.2. The second-order valence-electron chi connectivity index (χ2n) is 8.06. The number of hydrogen-bond acceptors (Lipinski definition) is 3. The number of aryl methyl sites for hydroxylation is 1. The lowest BCUT2D eigenvalue weighted by molar-refractivity contribution is -0.122. The highest BCUT2D eigenvalue weighted by Gasteiger charge is 2.37. The molecule has 1 heterocycles. The van der Waals surface area contributed by atoms with E-state index < -0.39 is 0 Å². The average molecular weight is 364 g/mol. The van der Waals surface area contributed by atoms with Crippen molar-refractivity contribution in [1.82, 2.24) is 4.90 Å². The van der Waals surface area contributed by atoms with Gasteiger partial charge in [0.25, 0.3) is 0 Å². The minimum absolute atomic E-state index is 0.211. The van der Waals surface area contributed by atoms with Crippen LogP contribution >= 0.6 is 0 Å². The zero-order valence-corrected chi connectivity index (χ0v) is 16.1. The molecule has 0 atom stereocenters. The van der Waals surface area contributed by atoms with Gasteiger partial charge < -0.3 is 10.6 Å². The second-order valence-corrected chi connectivity index (χ2v) is 8.06. The quantitative estimate of drug-likeness (QED) is 0.909. The Labute approximate surface area is 162 Å². The van der Waals surface area contributed by atoms with Crippen molar-refractivity contribution >= 4 is 11.6 Å². The lowest BCUT2D eigenvalue weighted by Crippen LogP contribution is -2.55. The van der Waals surface area contributed by atoms with Crippen LogP contribution < -0.4 is 10.6 Å². The Bertz CT molecular complexity index is 796. The third-order valence-corrected chi connectivity index (χ3v) is 6.37. The smallest absolute Gasteiger partial charge is 0.241 e. The predicted molar refractivity (Wildman–Crippen MR) is 110 cm³/mol. The zero-order valence-electron chi connectivity index (χ0n) is 16.1. The first-order valence-corrected chi connectivity index (χ1v) is 10.0. The van der Waals surface area contributed by atoms with Gasteiger partial charge in [0.2, 0.25) is 5.91 Å². The molecule has 2 N–H and O–H groups in total. The summed E-state index contributed by atoms with van der Waals surface area (Å²) >= 11 is 0. The molecule has 1 aliphatic carbocycles. The second kappa shape index (κ2) is 7.45. The molecular formula is C23H29N3O. The highest BCUT2D eigenvalue weighted by atomic mass is 16.2. The molecule has 4 rings (SSSR count). The molecule has 1 amide bonds. The molecule has 0 aromatic heterocycles. The molecule has 142 valence electrons. The third-order valence-electron chi connectivity index (χ3n) is 6.37. The van der Waals surface area contributed by atoms with E-state index in [1.54, 1.807) is 0 Å². The molecule has 0 spiro atoms. The molecule has 2 aromatic rings. The van der Waals surface area contributed by atoms with E-state index in [9.17, 15) is 4.79 Å². The lowest BCUT2D eigenvalue weighted by atomic mass is 9.75. The van der Waals surface area contributed by atoms with Gasteiger partial charge in [0.1, 0.15) is 0 Å². The van der Waals surface area contributed by atoms with E-state index in [4.69, 9.17) is 5.73 Å². The number of nitrogens with zero attached hydrogens (tertiary/aromatic N) is 2. The van der Waals surface area contributed by atoms with Crippen molar-refractivity contribution < 1.29 is 4.79 Å². The van der Waals surface area contributed by atoms with Gasteiger partial charge in [0.05, 0.1) is 6.54 Å². The molecule has 2 aromatic carbocycles. The maximum atomic E-state index is 12.8. The summed E-state index contributed by atoms with van der Waals surface area (Å²) in [6.07, 6.45) is 4.08. The van der Waals surface area contributed by atoms with Gasteiger partial charge >= 0.3 is 0 Å². The summed E-state index contributed by atoms with van der Waals surface area (Å²) in [6, 6.07) is 19.1. The fourth-order valence-corrected chi connectivity index (χ4v) is 4.67. The van der Waals surface area contributed by atoms with Crippen LogP contribution in [0.15, 0.2) is 54.6 Å². The number of carbonyl (C=O) groups excluding carboxylic acids is 1. The Morgan fingerprint density at radius 3 is 2.30 bits per heavy atom. The number of carbonyl (C=O) groups is 1. The maximum absolute atomic E-state index is 12.8. The Kier molecular flexibility index (Phi) is 5.02. The largest absolute Gasteiger partial charge is 0.321 e. The summed E-state index contributed by atoms with van der Waals surface area (Å²) < 4.78 is 0. The van der Waals surface area contributed by atoms with Gasteiger partial charge in [0.15, 0.2) is 0 Å². The van der Waals surface area contributed by atoms with Crippen LogP contribution in [0.1, 0.15) is 36.8 Å². The Hall–Kier alpha value is -2.17. The summed E-state index contributed by atoms with van der Waals surface area (Å²) in [5.74, 6) is 0.211. The average Bonchev–Trinajstić information content (AvgIpc) is 2.70. The van der Waals surface area contributed by atoms with E-state index in [1.165, 1.54) is 5.56 Å². The molecule has 2 fully saturated rings. The van der Waals surface area contributed by atoms with E-state index in [-0.39, 0.29) is 11.4 Å². The van der Waals surface area contributed by atoms with Gasteiger partial charge in [0, 0.05) is 30.4 Å². The predicted octanol–water partition coefficient (Wildman–Crippen LogP) is 3.44. The van der Waals surface area contributed by atoms with Gasteiger partial charge in [-0.25, -0.2) is 0 Å². The highest BCUT2D eigenvalue weighted by Crippen LogP contribution is 2.37. The van der Waals surface area contributed by atoms with Crippen LogP contribution in [0.25, 0.3) is 0 Å². The van der Waals surface area contributed by atoms with E-state index in [0.29, 0.717) is 12.6 Å². The van der Waals surface area contributed by atoms with Crippen molar-refractivity contribution in [2.24, 2.45) is 5.73 Å². The topological polar surface area (TPSA) is 49.6 Å². The zero-order chi connectivity index (χ0) is 18.9. The number of anilines is 1. The Balaban J connectivity index is 1.38. The van der Waals surface area contributed by atoms with E-state index in [2.05, 4.69) is 42.2 Å². The van der Waals surface area contributed by atoms with Crippen LogP contribution in [-0.4, -0.2) is 36.5 Å². The summed E-state index contributed by atoms with van der Waals surface area (Å²) in [6.45, 7) is 4.29. The van der Waals surface area contributed by atoms with Gasteiger partial charge in [-0.3, -0.25) is 9.69 Å². The van der Waals surface area contributed by atoms with E-state index in [0.717, 1.165) is 50.0 Å². The first-order valence-electron chi connectivity index (χ1n) is 10.0. The van der Waals surface area contributed by atoms with Gasteiger partial charge in [-0.15, -0.1) is 0 Å². The molecule has 1 aliphatic heterocycles. The molecule has 4 heteroatoms. The summed E-state index contributed by atoms with van der Waals surface area (Å²) in [7, 11) is 0. The molecule has 1 saturated carbocycles. The number of hydrogen-bond donors (Lipinski definition) is 1. The van der Waals surface area contributed by atoms with Crippen molar-refractivity contribution in [2.75, 3.05) is 24.5 Å². The van der Waals surface area contributed by atoms with Gasteiger partial charge in [-0.1, -0.05) is 48.5 Å². The third kappa shape index (κ3) is 3.64. The summed E-state index contributed by atoms with van der Waals surface area (Å²) in [5.41, 5.74) is 9.95. The number of rotatable bonds is 3. The number of benzene rings is 2. The molecule has 2 aliphatic rings. The molecule has 0 bridgehead atoms. The SMILES string of the molecule is Cc1ccccc1N1CCN([C@H]2CC[C@](N)(c3ccccc3)CC2)CC1=O. The van der Waals surface area contributed by atoms with Crippen LogP contribution in [0.3, 0.4) is 0 Å². The Morgan fingerprint density at radius 1 is 0.963 bits per heavy atom. The Morgan fingerprint density at radius 2 is 1.63 bits per heavy atom. The number of nitrogens with two attached hydrogens (primary N) is 1. The van der Waals surface area contributed by atoms with Gasteiger partial charge in [-0.05, 0) is 49.8 Å². The lowest BCUT2D eigenvalue weighted by Gasteiger charge is -2.44. The minimum atomic E-state index is -0.218. The van der Waals surface area contributed by atoms with Crippen molar-refractivity contribution in [3.63, 3.8) is 0 Å². The number of amides is 1. The maximum Gasteiger partial charge on any atom is 0.241 e. The van der Waals surface area contributed by atoms with Gasteiger partial charge in [-0.2, -0.15) is 0 Å². The van der Waals surface area contributed by atoms with E-state index in [1.807, 2.05) is 29.2 Å². The monoisotopic (exact) mass is 363 g/mol. The standard InChI is InChI=1S/C23H29N3O/c1-18-7-5-6-10-21(18)26-16-15-25(17-22(26)27)20-11-13-23(24,14-12-20)19-8-3-2-4-9-19/h2-10,20H,11-17,24H2,1H3/t20-,23+. The van der Waals surface area contributed by atoms with Crippen LogP contribution in [0, 0.1) is 6.92 Å². The minimum Gasteiger partial charge on any atom is -0.321 e. The van der Waals surface area contributed by atoms with Crippen molar-refractivity contribution in [1.29, 1.82) is 0 Å². The van der Waals surface area contributed by atoms with E-state index >= 15 is 0 Å². The van der Waals surface area contributed by atoms with Crippen LogP contribution in [-0.2, 0) is 10.3 Å². The molecule has 0 radical (unpaired) electrons. The fourth-order valence-electron chi connectivity index (χ4n) is 4.67. The van der Waals surface area contributed by atoms with Crippen molar-refractivity contribution in [2.45, 2.75) is 44.2 Å². The first-order chi connectivity index (χ1) is 13.1.